The summed E-state index contributed by atoms with van der Waals surface area (Å²) in [6.07, 6.45) is 5.51. The zero-order valence-electron chi connectivity index (χ0n) is 12.5. The molecule has 1 fully saturated rings. The first-order valence-electron chi connectivity index (χ1n) is 7.72. The van der Waals surface area contributed by atoms with Gasteiger partial charge in [-0.05, 0) is 25.0 Å². The first-order valence-corrected chi connectivity index (χ1v) is 8.10. The zero-order chi connectivity index (χ0) is 15.6. The highest BCUT2D eigenvalue weighted by atomic mass is 35.5. The van der Waals surface area contributed by atoms with E-state index >= 15 is 0 Å². The van der Waals surface area contributed by atoms with E-state index in [4.69, 9.17) is 11.6 Å². The summed E-state index contributed by atoms with van der Waals surface area (Å²) in [7, 11) is 0. The molecule has 1 saturated heterocycles. The summed E-state index contributed by atoms with van der Waals surface area (Å²) in [4.78, 5) is 18.4. The molecule has 1 aliphatic rings. The number of nitrogens with zero attached hydrogens (tertiary/aromatic N) is 4. The van der Waals surface area contributed by atoms with Gasteiger partial charge in [-0.3, -0.25) is 0 Å². The number of aromatic nitrogens is 4. The number of para-hydroxylation sites is 1. The van der Waals surface area contributed by atoms with E-state index in [0.29, 0.717) is 11.7 Å². The second kappa shape index (κ2) is 6.04. The topological polar surface area (TPSA) is 69.7 Å². The lowest BCUT2D eigenvalue weighted by Crippen LogP contribution is -2.35. The number of imidazole rings is 1. The van der Waals surface area contributed by atoms with Gasteiger partial charge in [0, 0.05) is 19.1 Å². The largest absolute Gasteiger partial charge is 0.382 e. The van der Waals surface area contributed by atoms with Crippen molar-refractivity contribution in [2.45, 2.75) is 18.9 Å². The Balaban J connectivity index is 1.55. The molecule has 4 rings (SSSR count). The quantitative estimate of drug-likeness (QED) is 0.770. The maximum absolute atomic E-state index is 6.22. The third kappa shape index (κ3) is 2.70. The average molecular weight is 329 g/mol. The van der Waals surface area contributed by atoms with Crippen LogP contribution in [0.1, 0.15) is 12.8 Å². The van der Waals surface area contributed by atoms with E-state index in [2.05, 4.69) is 30.2 Å². The van der Waals surface area contributed by atoms with Crippen molar-refractivity contribution in [3.05, 3.63) is 41.9 Å². The lowest BCUT2D eigenvalue weighted by molar-refractivity contribution is 0.692. The number of hydrogen-bond donors (Lipinski definition) is 2. The molecule has 2 aromatic heterocycles. The van der Waals surface area contributed by atoms with E-state index in [1.807, 2.05) is 24.3 Å². The molecule has 1 aliphatic heterocycles. The molecule has 0 unspecified atom stereocenters. The van der Waals surface area contributed by atoms with Gasteiger partial charge in [0.2, 0.25) is 0 Å². The van der Waals surface area contributed by atoms with Crippen LogP contribution in [0.3, 0.4) is 0 Å². The molecule has 0 radical (unpaired) electrons. The smallest absolute Gasteiger partial charge is 0.182 e. The van der Waals surface area contributed by atoms with Crippen LogP contribution in [0.2, 0.25) is 5.02 Å². The highest BCUT2D eigenvalue weighted by molar-refractivity contribution is 6.33. The van der Waals surface area contributed by atoms with Crippen molar-refractivity contribution >= 4 is 34.3 Å². The number of halogens is 1. The number of nitrogens with one attached hydrogen (secondary N) is 2. The van der Waals surface area contributed by atoms with Crippen molar-refractivity contribution in [2.75, 3.05) is 23.3 Å². The molecule has 1 aromatic carbocycles. The van der Waals surface area contributed by atoms with Gasteiger partial charge >= 0.3 is 0 Å². The van der Waals surface area contributed by atoms with E-state index in [9.17, 15) is 0 Å². The molecule has 0 aliphatic carbocycles. The van der Waals surface area contributed by atoms with E-state index < -0.39 is 0 Å². The SMILES string of the molecule is Clc1ccccc1NC[C@H]1CCCN1c1ncnc2nc[nH]c12. The van der Waals surface area contributed by atoms with Gasteiger partial charge in [0.05, 0.1) is 17.0 Å². The van der Waals surface area contributed by atoms with E-state index in [1.165, 1.54) is 0 Å². The summed E-state index contributed by atoms with van der Waals surface area (Å²) in [5.74, 6) is 0.927. The maximum Gasteiger partial charge on any atom is 0.182 e. The molecule has 3 aromatic rings. The Bertz CT molecular complexity index is 817. The van der Waals surface area contributed by atoms with Crippen molar-refractivity contribution in [2.24, 2.45) is 0 Å². The number of benzene rings is 1. The lowest BCUT2D eigenvalue weighted by Gasteiger charge is -2.26. The van der Waals surface area contributed by atoms with E-state index in [0.717, 1.165) is 48.0 Å². The van der Waals surface area contributed by atoms with Crippen molar-refractivity contribution < 1.29 is 0 Å². The van der Waals surface area contributed by atoms with Gasteiger partial charge < -0.3 is 15.2 Å². The van der Waals surface area contributed by atoms with E-state index in [1.54, 1.807) is 12.7 Å². The fourth-order valence-corrected chi connectivity index (χ4v) is 3.33. The van der Waals surface area contributed by atoms with Crippen LogP contribution in [-0.2, 0) is 0 Å². The standard InChI is InChI=1S/C16H17ClN6/c17-12-5-1-2-6-13(12)18-8-11-4-3-7-23(11)16-14-15(20-9-19-14)21-10-22-16/h1-2,5-6,9-11,18H,3-4,7-8H2,(H,19,20,21,22)/t11-/m1/s1. The molecule has 0 bridgehead atoms. The Labute approximate surface area is 138 Å². The first-order chi connectivity index (χ1) is 11.3. The van der Waals surface area contributed by atoms with Crippen LogP contribution < -0.4 is 10.2 Å². The van der Waals surface area contributed by atoms with Crippen molar-refractivity contribution in [1.82, 2.24) is 19.9 Å². The fraction of sp³-hybridized carbons (Fsp3) is 0.312. The molecule has 1 atom stereocenters. The van der Waals surface area contributed by atoms with Crippen LogP contribution >= 0.6 is 11.6 Å². The predicted octanol–water partition coefficient (Wildman–Crippen LogP) is 3.09. The summed E-state index contributed by atoms with van der Waals surface area (Å²) in [5.41, 5.74) is 2.58. The second-order valence-electron chi connectivity index (χ2n) is 5.65. The van der Waals surface area contributed by atoms with Gasteiger partial charge in [-0.2, -0.15) is 0 Å². The maximum atomic E-state index is 6.22. The van der Waals surface area contributed by atoms with Crippen LogP contribution in [0.15, 0.2) is 36.9 Å². The van der Waals surface area contributed by atoms with Crippen molar-refractivity contribution in [3.8, 4) is 0 Å². The summed E-state index contributed by atoms with van der Waals surface area (Å²) >= 11 is 6.22. The molecular formula is C16H17ClN6. The second-order valence-corrected chi connectivity index (χ2v) is 6.06. The van der Waals surface area contributed by atoms with Crippen LogP contribution in [-0.4, -0.2) is 39.1 Å². The van der Waals surface area contributed by atoms with Gasteiger partial charge in [-0.1, -0.05) is 23.7 Å². The Morgan fingerprint density at radius 2 is 2.17 bits per heavy atom. The Morgan fingerprint density at radius 3 is 3.09 bits per heavy atom. The molecule has 118 valence electrons. The van der Waals surface area contributed by atoms with E-state index in [-0.39, 0.29) is 0 Å². The van der Waals surface area contributed by atoms with Crippen LogP contribution in [0, 0.1) is 0 Å². The normalized spacial score (nSPS) is 17.8. The van der Waals surface area contributed by atoms with Gasteiger partial charge in [0.15, 0.2) is 11.5 Å². The number of aromatic amines is 1. The van der Waals surface area contributed by atoms with Crippen molar-refractivity contribution in [1.29, 1.82) is 0 Å². The summed E-state index contributed by atoms with van der Waals surface area (Å²) < 4.78 is 0. The number of anilines is 2. The third-order valence-corrected chi connectivity index (χ3v) is 4.58. The minimum absolute atomic E-state index is 0.368. The first kappa shape index (κ1) is 14.3. The van der Waals surface area contributed by atoms with Gasteiger partial charge in [-0.25, -0.2) is 15.0 Å². The average Bonchev–Trinajstić information content (AvgIpc) is 3.22. The molecule has 2 N–H and O–H groups in total. The third-order valence-electron chi connectivity index (χ3n) is 4.25. The molecule has 23 heavy (non-hydrogen) atoms. The molecule has 0 spiro atoms. The zero-order valence-corrected chi connectivity index (χ0v) is 13.3. The number of H-pyrrole nitrogens is 1. The summed E-state index contributed by atoms with van der Waals surface area (Å²) in [5, 5.41) is 4.20. The highest BCUT2D eigenvalue weighted by Crippen LogP contribution is 2.28. The molecule has 0 amide bonds. The number of fused-ring (bicyclic) bond motifs is 1. The minimum Gasteiger partial charge on any atom is -0.382 e. The molecule has 6 nitrogen and oxygen atoms in total. The van der Waals surface area contributed by atoms with Gasteiger partial charge in [-0.15, -0.1) is 0 Å². The molecular weight excluding hydrogens is 312 g/mol. The predicted molar refractivity (Wildman–Crippen MR) is 92.0 cm³/mol. The van der Waals surface area contributed by atoms with Gasteiger partial charge in [0.1, 0.15) is 11.8 Å². The Morgan fingerprint density at radius 1 is 1.26 bits per heavy atom. The minimum atomic E-state index is 0.368. The Kier molecular flexibility index (Phi) is 3.75. The van der Waals surface area contributed by atoms with Crippen LogP contribution in [0.25, 0.3) is 11.2 Å². The summed E-state index contributed by atoms with van der Waals surface area (Å²) in [6.45, 7) is 1.81. The Hall–Kier alpha value is -2.34. The molecule has 7 heteroatoms. The number of rotatable bonds is 4. The van der Waals surface area contributed by atoms with Crippen LogP contribution in [0.5, 0.6) is 0 Å². The number of hydrogen-bond acceptors (Lipinski definition) is 5. The lowest BCUT2D eigenvalue weighted by atomic mass is 10.2. The van der Waals surface area contributed by atoms with Gasteiger partial charge in [0.25, 0.3) is 0 Å². The fourth-order valence-electron chi connectivity index (χ4n) is 3.13. The molecule has 0 saturated carbocycles. The monoisotopic (exact) mass is 328 g/mol. The summed E-state index contributed by atoms with van der Waals surface area (Å²) in [6, 6.07) is 8.19. The van der Waals surface area contributed by atoms with Crippen LogP contribution in [0.4, 0.5) is 11.5 Å². The van der Waals surface area contributed by atoms with Crippen molar-refractivity contribution in [3.63, 3.8) is 0 Å². The highest BCUT2D eigenvalue weighted by Gasteiger charge is 2.27. The molecule has 3 heterocycles.